The number of aromatic nitrogens is 2. The van der Waals surface area contributed by atoms with E-state index >= 15 is 0 Å². The van der Waals surface area contributed by atoms with Gasteiger partial charge < -0.3 is 4.90 Å². The molecule has 4 rings (SSSR count). The number of hydrogen-bond acceptors (Lipinski definition) is 7. The fourth-order valence-electron chi connectivity index (χ4n) is 3.36. The summed E-state index contributed by atoms with van der Waals surface area (Å²) in [7, 11) is 0. The van der Waals surface area contributed by atoms with E-state index in [-0.39, 0.29) is 17.3 Å². The average molecular weight is 400 g/mol. The molecule has 0 unspecified atom stereocenters. The van der Waals surface area contributed by atoms with Gasteiger partial charge in [-0.2, -0.15) is 0 Å². The van der Waals surface area contributed by atoms with Gasteiger partial charge >= 0.3 is 5.69 Å². The Labute approximate surface area is 173 Å². The minimum Gasteiger partial charge on any atom is -0.320 e. The Balaban J connectivity index is 1.77. The number of benzene rings is 3. The summed E-state index contributed by atoms with van der Waals surface area (Å²) in [4.78, 5) is 21.7. The minimum atomic E-state index is -0.460. The van der Waals surface area contributed by atoms with Gasteiger partial charge in [-0.25, -0.2) is 9.97 Å². The molecule has 0 radical (unpaired) electrons. The Morgan fingerprint density at radius 3 is 2.43 bits per heavy atom. The van der Waals surface area contributed by atoms with Gasteiger partial charge in [0.15, 0.2) is 0 Å². The summed E-state index contributed by atoms with van der Waals surface area (Å²) in [6.45, 7) is 2.43. The third-order valence-electron chi connectivity index (χ3n) is 4.71. The second-order valence-electron chi connectivity index (χ2n) is 6.51. The molecule has 0 saturated carbocycles. The number of para-hydroxylation sites is 1. The molecule has 3 aromatic carbocycles. The molecule has 1 aromatic heterocycles. The lowest BCUT2D eigenvalue weighted by atomic mass is 10.1. The lowest BCUT2D eigenvalue weighted by molar-refractivity contribution is -0.383. The molecule has 0 saturated heterocycles. The lowest BCUT2D eigenvalue weighted by Crippen LogP contribution is -2.21. The third kappa shape index (κ3) is 3.70. The number of anilines is 4. The smallest absolute Gasteiger partial charge is 0.320 e. The van der Waals surface area contributed by atoms with Crippen molar-refractivity contribution in [3.63, 3.8) is 0 Å². The van der Waals surface area contributed by atoms with Crippen LogP contribution in [0.4, 0.5) is 28.7 Å². The predicted molar refractivity (Wildman–Crippen MR) is 119 cm³/mol. The van der Waals surface area contributed by atoms with Crippen LogP contribution in [0.5, 0.6) is 0 Å². The molecule has 0 aliphatic heterocycles. The molecule has 0 bridgehead atoms. The number of hydrazine groups is 1. The van der Waals surface area contributed by atoms with Gasteiger partial charge in [-0.05, 0) is 30.5 Å². The van der Waals surface area contributed by atoms with Crippen LogP contribution in [0.15, 0.2) is 79.1 Å². The van der Waals surface area contributed by atoms with Gasteiger partial charge in [0.1, 0.15) is 6.33 Å². The molecule has 2 N–H and O–H groups in total. The summed E-state index contributed by atoms with van der Waals surface area (Å²) >= 11 is 0. The van der Waals surface area contributed by atoms with Crippen LogP contribution in [0.3, 0.4) is 0 Å². The predicted octanol–water partition coefficient (Wildman–Crippen LogP) is 5.14. The zero-order valence-corrected chi connectivity index (χ0v) is 16.3. The second kappa shape index (κ2) is 8.44. The van der Waals surface area contributed by atoms with Gasteiger partial charge in [0.05, 0.1) is 16.3 Å². The standard InChI is InChI=1S/C22H20N6O2/c1-2-27(19-14-8-10-16-9-6-7-13-18(16)19)22-20(28(29)30)21(23-15-24-22)26-25-17-11-4-3-5-12-17/h3-15,25H,2H2,1H3,(H,23,24,26). The highest BCUT2D eigenvalue weighted by molar-refractivity contribution is 5.96. The van der Waals surface area contributed by atoms with Gasteiger partial charge in [-0.15, -0.1) is 0 Å². The summed E-state index contributed by atoms with van der Waals surface area (Å²) in [5.74, 6) is 0.318. The fourth-order valence-corrected chi connectivity index (χ4v) is 3.36. The molecule has 0 aliphatic rings. The van der Waals surface area contributed by atoms with Gasteiger partial charge in [-0.3, -0.25) is 21.0 Å². The first-order chi connectivity index (χ1) is 14.7. The Morgan fingerprint density at radius 1 is 0.933 bits per heavy atom. The first-order valence-corrected chi connectivity index (χ1v) is 9.50. The SMILES string of the molecule is CCN(c1ncnc(NNc2ccccc2)c1[N+](=O)[O-])c1cccc2ccccc12. The van der Waals surface area contributed by atoms with E-state index in [2.05, 4.69) is 20.8 Å². The number of nitro groups is 1. The summed E-state index contributed by atoms with van der Waals surface area (Å²) in [5, 5.41) is 14.0. The van der Waals surface area contributed by atoms with Gasteiger partial charge in [0.25, 0.3) is 0 Å². The molecule has 4 aromatic rings. The Bertz CT molecular complexity index is 1180. The van der Waals surface area contributed by atoms with Crippen LogP contribution in [0, 0.1) is 10.1 Å². The molecule has 0 atom stereocenters. The van der Waals surface area contributed by atoms with Crippen molar-refractivity contribution in [1.82, 2.24) is 9.97 Å². The van der Waals surface area contributed by atoms with Crippen molar-refractivity contribution in [3.8, 4) is 0 Å². The molecular formula is C22H20N6O2. The highest BCUT2D eigenvalue weighted by atomic mass is 16.6. The van der Waals surface area contributed by atoms with E-state index in [1.165, 1.54) is 6.33 Å². The molecule has 0 spiro atoms. The second-order valence-corrected chi connectivity index (χ2v) is 6.51. The van der Waals surface area contributed by atoms with Crippen molar-refractivity contribution in [2.24, 2.45) is 0 Å². The van der Waals surface area contributed by atoms with Gasteiger partial charge in [0.2, 0.25) is 11.6 Å². The molecule has 0 amide bonds. The topological polar surface area (TPSA) is 96.2 Å². The minimum absolute atomic E-state index is 0.0903. The van der Waals surface area contributed by atoms with Crippen molar-refractivity contribution in [2.45, 2.75) is 6.92 Å². The summed E-state index contributed by atoms with van der Waals surface area (Å²) in [5.41, 5.74) is 7.20. The summed E-state index contributed by atoms with van der Waals surface area (Å²) < 4.78 is 0. The molecular weight excluding hydrogens is 380 g/mol. The van der Waals surface area contributed by atoms with Crippen molar-refractivity contribution in [1.29, 1.82) is 0 Å². The molecule has 8 nitrogen and oxygen atoms in total. The third-order valence-corrected chi connectivity index (χ3v) is 4.71. The lowest BCUT2D eigenvalue weighted by Gasteiger charge is -2.24. The first kappa shape index (κ1) is 19.1. The molecule has 1 heterocycles. The number of fused-ring (bicyclic) bond motifs is 1. The summed E-state index contributed by atoms with van der Waals surface area (Å²) in [6.07, 6.45) is 1.32. The van der Waals surface area contributed by atoms with E-state index < -0.39 is 4.92 Å². The maximum Gasteiger partial charge on any atom is 0.355 e. The van der Waals surface area contributed by atoms with Crippen LogP contribution >= 0.6 is 0 Å². The van der Waals surface area contributed by atoms with Gasteiger partial charge in [-0.1, -0.05) is 54.6 Å². The van der Waals surface area contributed by atoms with E-state index in [4.69, 9.17) is 0 Å². The van der Waals surface area contributed by atoms with E-state index in [1.54, 1.807) is 0 Å². The Hall–Kier alpha value is -4.20. The maximum absolute atomic E-state index is 12.0. The van der Waals surface area contributed by atoms with Crippen LogP contribution in [-0.4, -0.2) is 21.4 Å². The molecule has 0 aliphatic carbocycles. The highest BCUT2D eigenvalue weighted by Gasteiger charge is 2.28. The number of rotatable bonds is 7. The zero-order chi connectivity index (χ0) is 20.9. The Morgan fingerprint density at radius 2 is 1.67 bits per heavy atom. The number of nitrogens with one attached hydrogen (secondary N) is 2. The highest BCUT2D eigenvalue weighted by Crippen LogP contribution is 2.38. The van der Waals surface area contributed by atoms with Crippen LogP contribution in [-0.2, 0) is 0 Å². The van der Waals surface area contributed by atoms with E-state index in [1.807, 2.05) is 84.6 Å². The summed E-state index contributed by atoms with van der Waals surface area (Å²) in [6, 6.07) is 23.1. The van der Waals surface area contributed by atoms with E-state index in [9.17, 15) is 10.1 Å². The average Bonchev–Trinajstić information content (AvgIpc) is 2.79. The normalized spacial score (nSPS) is 10.6. The number of hydrogen-bond donors (Lipinski definition) is 2. The van der Waals surface area contributed by atoms with Crippen LogP contribution in [0.2, 0.25) is 0 Å². The first-order valence-electron chi connectivity index (χ1n) is 9.50. The Kier molecular flexibility index (Phi) is 5.38. The maximum atomic E-state index is 12.0. The van der Waals surface area contributed by atoms with E-state index in [0.717, 1.165) is 22.1 Å². The molecule has 0 fully saturated rings. The van der Waals surface area contributed by atoms with Crippen LogP contribution in [0.1, 0.15) is 6.92 Å². The monoisotopic (exact) mass is 400 g/mol. The largest absolute Gasteiger partial charge is 0.355 e. The van der Waals surface area contributed by atoms with Crippen LogP contribution in [0.25, 0.3) is 10.8 Å². The van der Waals surface area contributed by atoms with Gasteiger partial charge in [0, 0.05) is 11.9 Å². The molecule has 30 heavy (non-hydrogen) atoms. The van der Waals surface area contributed by atoms with Crippen molar-refractivity contribution in [2.75, 3.05) is 22.3 Å². The molecule has 150 valence electrons. The molecule has 8 heteroatoms. The number of nitrogens with zero attached hydrogens (tertiary/aromatic N) is 4. The van der Waals surface area contributed by atoms with Crippen LogP contribution < -0.4 is 15.8 Å². The van der Waals surface area contributed by atoms with Crippen molar-refractivity contribution in [3.05, 3.63) is 89.2 Å². The quantitative estimate of drug-likeness (QED) is 0.328. The van der Waals surface area contributed by atoms with Crippen molar-refractivity contribution < 1.29 is 4.92 Å². The zero-order valence-electron chi connectivity index (χ0n) is 16.3. The van der Waals surface area contributed by atoms with E-state index in [0.29, 0.717) is 6.54 Å². The van der Waals surface area contributed by atoms with Crippen molar-refractivity contribution >= 4 is 39.5 Å². The fraction of sp³-hybridized carbons (Fsp3) is 0.0909.